The number of unbranched alkanes of at least 4 members (excludes halogenated alkanes) is 4. The van der Waals surface area contributed by atoms with Gasteiger partial charge in [0.2, 0.25) is 0 Å². The van der Waals surface area contributed by atoms with Crippen molar-refractivity contribution in [2.75, 3.05) is 0 Å². The normalized spacial score (nSPS) is 18.2. The van der Waals surface area contributed by atoms with Crippen LogP contribution in [0, 0.1) is 5.82 Å². The van der Waals surface area contributed by atoms with E-state index in [0.717, 1.165) is 36.8 Å². The molecule has 1 aliphatic carbocycles. The molecule has 0 bridgehead atoms. The van der Waals surface area contributed by atoms with Gasteiger partial charge in [-0.3, -0.25) is 4.79 Å². The number of halogens is 1. The second-order valence-electron chi connectivity index (χ2n) is 8.54. The van der Waals surface area contributed by atoms with Crippen molar-refractivity contribution in [3.8, 4) is 11.1 Å². The van der Waals surface area contributed by atoms with Crippen molar-refractivity contribution < 1.29 is 23.5 Å². The van der Waals surface area contributed by atoms with Crippen LogP contribution >= 0.6 is 0 Å². The molecule has 0 aromatic heterocycles. The largest absolute Gasteiger partial charge is 0.462 e. The van der Waals surface area contributed by atoms with Crippen molar-refractivity contribution in [3.63, 3.8) is 0 Å². The Morgan fingerprint density at radius 2 is 1.31 bits per heavy atom. The van der Waals surface area contributed by atoms with Crippen LogP contribution < -0.4 is 0 Å². The van der Waals surface area contributed by atoms with Crippen LogP contribution in [0.5, 0.6) is 0 Å². The van der Waals surface area contributed by atoms with Crippen LogP contribution in [-0.4, -0.2) is 24.1 Å². The molecule has 0 saturated heterocycles. The summed E-state index contributed by atoms with van der Waals surface area (Å²) in [5, 5.41) is 0. The number of hydrogen-bond acceptors (Lipinski definition) is 4. The Kier molecular flexibility index (Phi) is 9.27. The third-order valence-electron chi connectivity index (χ3n) is 5.98. The Morgan fingerprint density at radius 3 is 1.91 bits per heavy atom. The summed E-state index contributed by atoms with van der Waals surface area (Å²) in [4.78, 5) is 24.5. The summed E-state index contributed by atoms with van der Waals surface area (Å²) in [5.41, 5.74) is 2.29. The number of carbonyl (C=O) groups excluding carboxylic acids is 2. The van der Waals surface area contributed by atoms with E-state index in [-0.39, 0.29) is 30.0 Å². The molecule has 32 heavy (non-hydrogen) atoms. The summed E-state index contributed by atoms with van der Waals surface area (Å²) >= 11 is 0. The van der Waals surface area contributed by atoms with E-state index in [1.165, 1.54) is 31.4 Å². The fraction of sp³-hybridized carbons (Fsp3) is 0.481. The zero-order chi connectivity index (χ0) is 22.8. The molecule has 0 spiro atoms. The topological polar surface area (TPSA) is 52.6 Å². The molecule has 0 aliphatic heterocycles. The van der Waals surface area contributed by atoms with Gasteiger partial charge in [0.05, 0.1) is 5.56 Å². The van der Waals surface area contributed by atoms with Crippen LogP contribution in [0.4, 0.5) is 4.39 Å². The molecule has 5 heteroatoms. The Hall–Kier alpha value is -2.69. The first-order chi connectivity index (χ1) is 15.5. The molecule has 1 aliphatic rings. The minimum absolute atomic E-state index is 0.0666. The highest BCUT2D eigenvalue weighted by Crippen LogP contribution is 2.26. The van der Waals surface area contributed by atoms with Crippen molar-refractivity contribution in [2.24, 2.45) is 0 Å². The van der Waals surface area contributed by atoms with Gasteiger partial charge in [0.15, 0.2) is 0 Å². The van der Waals surface area contributed by atoms with Crippen molar-refractivity contribution in [2.45, 2.75) is 83.3 Å². The van der Waals surface area contributed by atoms with Crippen LogP contribution in [0.2, 0.25) is 0 Å². The fourth-order valence-electron chi connectivity index (χ4n) is 4.05. The number of rotatable bonds is 10. The van der Waals surface area contributed by atoms with Gasteiger partial charge >= 0.3 is 11.9 Å². The van der Waals surface area contributed by atoms with Gasteiger partial charge in [-0.1, -0.05) is 56.9 Å². The first-order valence-electron chi connectivity index (χ1n) is 11.8. The smallest absolute Gasteiger partial charge is 0.338 e. The average Bonchev–Trinajstić information content (AvgIpc) is 2.81. The monoisotopic (exact) mass is 440 g/mol. The van der Waals surface area contributed by atoms with Crippen LogP contribution in [0.3, 0.4) is 0 Å². The summed E-state index contributed by atoms with van der Waals surface area (Å²) in [6.45, 7) is 2.17. The number of ether oxygens (including phenoxy) is 2. The molecule has 1 saturated carbocycles. The second-order valence-corrected chi connectivity index (χ2v) is 8.54. The third-order valence-corrected chi connectivity index (χ3v) is 5.98. The molecule has 2 aromatic rings. The van der Waals surface area contributed by atoms with Gasteiger partial charge in [-0.2, -0.15) is 0 Å². The van der Waals surface area contributed by atoms with Gasteiger partial charge in [-0.25, -0.2) is 9.18 Å². The van der Waals surface area contributed by atoms with E-state index in [4.69, 9.17) is 9.47 Å². The van der Waals surface area contributed by atoms with Crippen molar-refractivity contribution in [3.05, 3.63) is 59.9 Å². The van der Waals surface area contributed by atoms with Crippen LogP contribution in [0.15, 0.2) is 48.5 Å². The zero-order valence-electron chi connectivity index (χ0n) is 18.9. The maximum atomic E-state index is 13.1. The Morgan fingerprint density at radius 1 is 0.781 bits per heavy atom. The summed E-state index contributed by atoms with van der Waals surface area (Å²) < 4.78 is 24.3. The third kappa shape index (κ3) is 7.47. The van der Waals surface area contributed by atoms with E-state index in [1.54, 1.807) is 24.3 Å². The Balaban J connectivity index is 1.38. The molecule has 4 nitrogen and oxygen atoms in total. The van der Waals surface area contributed by atoms with E-state index >= 15 is 0 Å². The summed E-state index contributed by atoms with van der Waals surface area (Å²) in [6, 6.07) is 13.4. The quantitative estimate of drug-likeness (QED) is 0.299. The number of esters is 2. The van der Waals surface area contributed by atoms with Gasteiger partial charge in [-0.05, 0) is 67.5 Å². The molecule has 0 amide bonds. The molecular formula is C27H33FO4. The van der Waals surface area contributed by atoms with Crippen molar-refractivity contribution in [1.29, 1.82) is 0 Å². The van der Waals surface area contributed by atoms with Gasteiger partial charge in [0.1, 0.15) is 18.0 Å². The molecule has 1 fully saturated rings. The van der Waals surface area contributed by atoms with E-state index < -0.39 is 0 Å². The highest BCUT2D eigenvalue weighted by molar-refractivity contribution is 5.90. The lowest BCUT2D eigenvalue weighted by Crippen LogP contribution is -2.29. The minimum Gasteiger partial charge on any atom is -0.462 e. The maximum absolute atomic E-state index is 13.1. The van der Waals surface area contributed by atoms with Crippen LogP contribution in [0.1, 0.15) is 81.5 Å². The predicted molar refractivity (Wildman–Crippen MR) is 123 cm³/mol. The average molecular weight is 441 g/mol. The molecule has 0 N–H and O–H groups in total. The highest BCUT2D eigenvalue weighted by atomic mass is 19.1. The first kappa shape index (κ1) is 24.0. The summed E-state index contributed by atoms with van der Waals surface area (Å²) in [6.07, 6.45) is 8.69. The number of benzene rings is 2. The lowest BCUT2D eigenvalue weighted by Gasteiger charge is -2.28. The van der Waals surface area contributed by atoms with Gasteiger partial charge in [0, 0.05) is 6.42 Å². The zero-order valence-corrected chi connectivity index (χ0v) is 18.9. The van der Waals surface area contributed by atoms with Gasteiger partial charge in [-0.15, -0.1) is 0 Å². The van der Waals surface area contributed by atoms with Gasteiger partial charge < -0.3 is 9.47 Å². The molecule has 3 rings (SSSR count). The lowest BCUT2D eigenvalue weighted by molar-refractivity contribution is -0.151. The van der Waals surface area contributed by atoms with E-state index in [2.05, 4.69) is 6.92 Å². The van der Waals surface area contributed by atoms with E-state index in [9.17, 15) is 14.0 Å². The molecule has 0 heterocycles. The highest BCUT2D eigenvalue weighted by Gasteiger charge is 2.26. The van der Waals surface area contributed by atoms with Crippen LogP contribution in [0.25, 0.3) is 11.1 Å². The van der Waals surface area contributed by atoms with Crippen molar-refractivity contribution >= 4 is 11.9 Å². The number of hydrogen-bond donors (Lipinski definition) is 0. The first-order valence-corrected chi connectivity index (χ1v) is 11.8. The molecule has 0 radical (unpaired) electrons. The minimum atomic E-state index is -0.344. The molecule has 172 valence electrons. The standard InChI is InChI=1S/C27H33FO4/c1-2-3-4-5-6-7-26(29)31-24-16-18-25(19-17-24)32-27(30)22-10-8-20(9-11-22)21-12-14-23(28)15-13-21/h8-15,24-25H,2-7,16-19H2,1H3. The second kappa shape index (κ2) is 12.4. The summed E-state index contributed by atoms with van der Waals surface area (Å²) in [7, 11) is 0. The SMILES string of the molecule is CCCCCCCC(=O)OC1CCC(OC(=O)c2ccc(-c3ccc(F)cc3)cc2)CC1. The van der Waals surface area contributed by atoms with E-state index in [1.807, 2.05) is 12.1 Å². The maximum Gasteiger partial charge on any atom is 0.338 e. The van der Waals surface area contributed by atoms with Crippen molar-refractivity contribution in [1.82, 2.24) is 0 Å². The molecular weight excluding hydrogens is 407 g/mol. The van der Waals surface area contributed by atoms with Crippen LogP contribution in [-0.2, 0) is 14.3 Å². The number of carbonyl (C=O) groups is 2. The molecule has 2 aromatic carbocycles. The van der Waals surface area contributed by atoms with E-state index in [0.29, 0.717) is 24.8 Å². The molecule has 0 unspecified atom stereocenters. The predicted octanol–water partition coefficient (Wildman–Crippen LogP) is 6.86. The van der Waals surface area contributed by atoms with Gasteiger partial charge in [0.25, 0.3) is 0 Å². The summed E-state index contributed by atoms with van der Waals surface area (Å²) in [5.74, 6) is -0.729. The Bertz CT molecular complexity index is 852. The fourth-order valence-corrected chi connectivity index (χ4v) is 4.05. The molecule has 0 atom stereocenters. The lowest BCUT2D eigenvalue weighted by atomic mass is 9.95. The Labute approximate surface area is 190 Å².